The molecule has 0 bridgehead atoms. The molecule has 3 fully saturated rings. The third kappa shape index (κ3) is 30.6. The van der Waals surface area contributed by atoms with E-state index >= 15 is 0 Å². The van der Waals surface area contributed by atoms with Crippen LogP contribution in [0, 0.1) is 16.2 Å². The van der Waals surface area contributed by atoms with Crippen LogP contribution in [-0.2, 0) is 112 Å². The summed E-state index contributed by atoms with van der Waals surface area (Å²) in [4.78, 5) is 151. The van der Waals surface area contributed by atoms with Crippen molar-refractivity contribution in [1.29, 1.82) is 0 Å². The van der Waals surface area contributed by atoms with E-state index in [2.05, 4.69) is 15.3 Å². The van der Waals surface area contributed by atoms with Crippen LogP contribution >= 0.6 is 58.5 Å². The highest BCUT2D eigenvalue weighted by molar-refractivity contribution is 8.14. The van der Waals surface area contributed by atoms with Crippen molar-refractivity contribution in [1.82, 2.24) is 43.9 Å². The van der Waals surface area contributed by atoms with E-state index in [0.717, 1.165) is 107 Å². The van der Waals surface area contributed by atoms with Crippen molar-refractivity contribution in [3.63, 3.8) is 0 Å². The number of carbonyl (C=O) groups excluding carboxylic acids is 6. The Morgan fingerprint density at radius 2 is 0.633 bits per heavy atom. The highest BCUT2D eigenvalue weighted by Crippen LogP contribution is 2.51. The van der Waals surface area contributed by atoms with E-state index in [4.69, 9.17) is 69.8 Å². The minimum Gasteiger partial charge on any atom is -0.462 e. The normalized spacial score (nSPS) is 25.5. The molecular formula is C69H114N9O36P3S3. The molecule has 0 amide bonds. The van der Waals surface area contributed by atoms with E-state index in [1.165, 1.54) is 20.8 Å². The van der Waals surface area contributed by atoms with Crippen LogP contribution < -0.4 is 49.0 Å². The lowest BCUT2D eigenvalue weighted by atomic mass is 9.99. The van der Waals surface area contributed by atoms with Crippen molar-refractivity contribution in [3.05, 3.63) is 99.3 Å². The van der Waals surface area contributed by atoms with E-state index in [-0.39, 0.29) is 52.4 Å². The van der Waals surface area contributed by atoms with Crippen LogP contribution in [0.1, 0.15) is 143 Å². The number of nitrogens with one attached hydrogen (secondary N) is 6. The number of rotatable bonds is 39. The predicted molar refractivity (Wildman–Crippen MR) is 430 cm³/mol. The number of aromatic amines is 3. The minimum atomic E-state index is -4.38. The van der Waals surface area contributed by atoms with Gasteiger partial charge in [-0.3, -0.25) is 98.9 Å². The standard InChI is InChI=1S/3C23H38N3O12PS/c3*1-13(2)37-19(30)14(3)25-39(33,35-10-11-40-20(31)22(4,5)6)36-12-23(34-7)17(29)16(28)18(38-23)26-9-8-15(27)24-21(26)32/h3*8-9,13-14,16-18,28-29H,10-12H2,1-7H3,(H,25,33)(H,24,27,32)/t14-,16+,17-,18+,23+,39?;14-,16+,17-,18+,23+,39+;14-,16+,17-,18+,23+,39-/m000/s1. The molecule has 0 aliphatic carbocycles. The van der Waals surface area contributed by atoms with Gasteiger partial charge in [-0.25, -0.2) is 43.3 Å². The first-order valence-electron chi connectivity index (χ1n) is 37.2. The summed E-state index contributed by atoms with van der Waals surface area (Å²) in [5, 5.41) is 71.2. The number of ether oxygens (including phenoxy) is 9. The number of methoxy groups -OCH3 is 3. The van der Waals surface area contributed by atoms with Crippen LogP contribution in [0.4, 0.5) is 0 Å². The van der Waals surface area contributed by atoms with Gasteiger partial charge in [-0.05, 0) is 62.3 Å². The zero-order valence-electron chi connectivity index (χ0n) is 70.3. The first-order chi connectivity index (χ1) is 55.3. The van der Waals surface area contributed by atoms with E-state index in [1.54, 1.807) is 104 Å². The number of thioether (sulfide) groups is 3. The third-order valence-electron chi connectivity index (χ3n) is 16.6. The number of esters is 3. The summed E-state index contributed by atoms with van der Waals surface area (Å²) in [6.07, 6.45) is -13.4. The average Bonchev–Trinajstić information content (AvgIpc) is 1.62. The van der Waals surface area contributed by atoms with Crippen molar-refractivity contribution in [2.24, 2.45) is 16.2 Å². The first-order valence-corrected chi connectivity index (χ1v) is 44.8. The molecule has 12 N–H and O–H groups in total. The van der Waals surface area contributed by atoms with Gasteiger partial charge in [-0.15, -0.1) is 0 Å². The van der Waals surface area contributed by atoms with Crippen LogP contribution in [0.3, 0.4) is 0 Å². The van der Waals surface area contributed by atoms with Gasteiger partial charge in [0.05, 0.1) is 38.1 Å². The molecule has 3 aliphatic heterocycles. The van der Waals surface area contributed by atoms with Crippen LogP contribution in [-0.4, -0.2) is 261 Å². The number of hydrogen-bond donors (Lipinski definition) is 12. The molecule has 0 aromatic carbocycles. The summed E-state index contributed by atoms with van der Waals surface area (Å²) in [7, 11) is -9.78. The molecule has 3 aromatic heterocycles. The third-order valence-corrected chi connectivity index (χ3v) is 25.4. The highest BCUT2D eigenvalue weighted by Gasteiger charge is 2.60. The van der Waals surface area contributed by atoms with E-state index in [9.17, 15) is 102 Å². The molecule has 0 saturated carbocycles. The topological polar surface area (TPSA) is 614 Å². The highest BCUT2D eigenvalue weighted by atomic mass is 32.2. The van der Waals surface area contributed by atoms with E-state index in [0.29, 0.717) is 0 Å². The summed E-state index contributed by atoms with van der Waals surface area (Å²) < 4.78 is 125. The number of aliphatic hydroxyl groups is 6. The summed E-state index contributed by atoms with van der Waals surface area (Å²) in [5.74, 6) is -8.36. The molecule has 684 valence electrons. The predicted octanol–water partition coefficient (Wildman–Crippen LogP) is 1.52. The van der Waals surface area contributed by atoms with E-state index in [1.807, 2.05) is 15.0 Å². The fraction of sp³-hybridized carbons (Fsp3) is 0.739. The molecule has 3 saturated heterocycles. The van der Waals surface area contributed by atoms with E-state index < -0.39 is 220 Å². The number of H-pyrrole nitrogens is 3. The second-order valence-electron chi connectivity index (χ2n) is 30.9. The van der Waals surface area contributed by atoms with Crippen LogP contribution in [0.15, 0.2) is 65.6 Å². The quantitative estimate of drug-likeness (QED) is 0.0167. The number of carbonyl (C=O) groups is 6. The maximum Gasteiger partial charge on any atom is 0.406 e. The SMILES string of the molecule is CO[C@]1(COP(=O)(N[C@@H](C)C(=O)OC(C)C)OCCSC(=O)C(C)(C)C)O[C@@H](n2ccc(=O)[nH]c2=O)[C@H](O)[C@@H]1O.CO[C@]1(CO[P@@](=O)(N[C@@H](C)C(=O)OC(C)C)OCCSC(=O)C(C)(C)C)O[C@@H](n2ccc(=O)[nH]c2=O)[C@H](O)[C@@H]1O.CO[C@]1(CO[P@](=O)(N[C@@H](C)C(=O)OC(C)C)OCCSC(=O)C(C)(C)C)O[C@@H](n2ccc(=O)[nH]c2=O)[C@H](O)[C@@H]1O. The number of nitrogens with zero attached hydrogens (tertiary/aromatic N) is 3. The minimum absolute atomic E-state index is 0.112. The maximum atomic E-state index is 13.7. The number of aromatic nitrogens is 6. The largest absolute Gasteiger partial charge is 0.462 e. The smallest absolute Gasteiger partial charge is 0.406 e. The Morgan fingerprint density at radius 1 is 0.417 bits per heavy atom. The summed E-state index contributed by atoms with van der Waals surface area (Å²) in [6, 6.07) is -0.452. The van der Waals surface area contributed by atoms with Crippen molar-refractivity contribution < 1.29 is 143 Å². The molecule has 3 aliphatic rings. The zero-order chi connectivity index (χ0) is 91.4. The molecule has 120 heavy (non-hydrogen) atoms. The van der Waals surface area contributed by atoms with Gasteiger partial charge >= 0.3 is 58.2 Å². The van der Waals surface area contributed by atoms with Crippen molar-refractivity contribution in [2.45, 2.75) is 234 Å². The van der Waals surface area contributed by atoms with Crippen molar-refractivity contribution in [3.8, 4) is 0 Å². The van der Waals surface area contributed by atoms with Crippen LogP contribution in [0.5, 0.6) is 0 Å². The molecular weight excluding hydrogens is 1720 g/mol. The summed E-state index contributed by atoms with van der Waals surface area (Å²) >= 11 is 2.90. The Kier molecular flexibility index (Phi) is 40.5. The zero-order valence-corrected chi connectivity index (χ0v) is 75.5. The van der Waals surface area contributed by atoms with Crippen molar-refractivity contribution in [2.75, 3.05) is 78.2 Å². The Morgan fingerprint density at radius 3 is 0.817 bits per heavy atom. The molecule has 1 unspecified atom stereocenters. The second kappa shape index (κ2) is 45.5. The number of aliphatic hydroxyl groups excluding tert-OH is 6. The first kappa shape index (κ1) is 107. The Bertz CT molecular complexity index is 4030. The molecule has 51 heteroatoms. The van der Waals surface area contributed by atoms with Gasteiger partial charge in [0.1, 0.15) is 74.6 Å². The van der Waals surface area contributed by atoms with Gasteiger partial charge in [-0.2, -0.15) is 0 Å². The molecule has 3 aromatic rings. The Hall–Kier alpha value is -5.64. The lowest BCUT2D eigenvalue weighted by Crippen LogP contribution is -2.49. The number of hydrogen-bond acceptors (Lipinski definition) is 39. The average molecular weight is 1830 g/mol. The van der Waals surface area contributed by atoms with Gasteiger partial charge < -0.3 is 73.3 Å². The van der Waals surface area contributed by atoms with Crippen LogP contribution in [0.25, 0.3) is 0 Å². The molecule has 6 rings (SSSR count). The molecule has 18 atom stereocenters. The van der Waals surface area contributed by atoms with Gasteiger partial charge in [0.25, 0.3) is 16.7 Å². The van der Waals surface area contributed by atoms with Gasteiger partial charge in [0.15, 0.2) is 34.0 Å². The Balaban J connectivity index is 0.000000378. The molecule has 6 heterocycles. The van der Waals surface area contributed by atoms with Crippen LogP contribution in [0.2, 0.25) is 0 Å². The maximum absolute atomic E-state index is 13.7. The van der Waals surface area contributed by atoms with Crippen molar-refractivity contribution >= 4 is 91.8 Å². The molecule has 0 radical (unpaired) electrons. The molecule has 0 spiro atoms. The fourth-order valence-corrected chi connectivity index (χ4v) is 17.3. The lowest BCUT2D eigenvalue weighted by molar-refractivity contribution is -0.267. The van der Waals surface area contributed by atoms with Gasteiger partial charge in [-0.1, -0.05) is 97.6 Å². The van der Waals surface area contributed by atoms with Gasteiger partial charge in [0.2, 0.25) is 17.4 Å². The molecule has 45 nitrogen and oxygen atoms in total. The Labute approximate surface area is 702 Å². The summed E-state index contributed by atoms with van der Waals surface area (Å²) in [6.45, 7) is 26.6. The second-order valence-corrected chi connectivity index (χ2v) is 39.4. The summed E-state index contributed by atoms with van der Waals surface area (Å²) in [5.41, 5.74) is -6.66. The lowest BCUT2D eigenvalue weighted by Gasteiger charge is -2.32. The fourth-order valence-electron chi connectivity index (χ4n) is 10.1. The van der Waals surface area contributed by atoms with Gasteiger partial charge in [0, 0.05) is 91.6 Å². The monoisotopic (exact) mass is 1830 g/mol.